The Balaban J connectivity index is 2.17. The third kappa shape index (κ3) is 2.92. The van der Waals surface area contributed by atoms with Gasteiger partial charge < -0.3 is 5.32 Å². The molecule has 3 aromatic rings. The van der Waals surface area contributed by atoms with Crippen LogP contribution in [-0.4, -0.2) is 30.6 Å². The molecule has 7 nitrogen and oxygen atoms in total. The van der Waals surface area contributed by atoms with Crippen molar-refractivity contribution in [3.63, 3.8) is 0 Å². The minimum Gasteiger partial charge on any atom is -0.311 e. The number of rotatable bonds is 3. The molecular formula is C15H14F2N6O. The molecule has 0 bridgehead atoms. The van der Waals surface area contributed by atoms with Gasteiger partial charge in [-0.05, 0) is 12.1 Å². The smallest absolute Gasteiger partial charge is 0.287 e. The number of carbonyl (C=O) groups is 1. The summed E-state index contributed by atoms with van der Waals surface area (Å²) in [6.07, 6.45) is 2.81. The number of nitrogens with one attached hydrogen (secondary N) is 1. The van der Waals surface area contributed by atoms with Gasteiger partial charge in [0.15, 0.2) is 5.82 Å². The first kappa shape index (κ1) is 15.9. The van der Waals surface area contributed by atoms with E-state index >= 15 is 0 Å². The Bertz CT molecular complexity index is 931. The van der Waals surface area contributed by atoms with Gasteiger partial charge in [0.05, 0.1) is 11.7 Å². The maximum atomic E-state index is 13.5. The van der Waals surface area contributed by atoms with Gasteiger partial charge in [-0.2, -0.15) is 13.9 Å². The average Bonchev–Trinajstić information content (AvgIpc) is 2.83. The van der Waals surface area contributed by atoms with Crippen molar-refractivity contribution in [2.45, 2.75) is 19.8 Å². The largest absolute Gasteiger partial charge is 0.311 e. The summed E-state index contributed by atoms with van der Waals surface area (Å²) in [5.41, 5.74) is 0.617. The Morgan fingerprint density at radius 2 is 2.08 bits per heavy atom. The highest BCUT2D eigenvalue weighted by molar-refractivity contribution is 5.95. The van der Waals surface area contributed by atoms with Crippen LogP contribution in [0.1, 0.15) is 19.5 Å². The van der Waals surface area contributed by atoms with Crippen molar-refractivity contribution in [3.05, 3.63) is 30.2 Å². The molecular weight excluding hydrogens is 318 g/mol. The first-order valence-corrected chi connectivity index (χ1v) is 7.08. The van der Waals surface area contributed by atoms with Gasteiger partial charge in [-0.25, -0.2) is 15.0 Å². The second kappa shape index (κ2) is 5.59. The van der Waals surface area contributed by atoms with Crippen LogP contribution in [0.25, 0.3) is 22.4 Å². The lowest BCUT2D eigenvalue weighted by Crippen LogP contribution is -2.10. The molecule has 24 heavy (non-hydrogen) atoms. The Morgan fingerprint density at radius 1 is 1.33 bits per heavy atom. The van der Waals surface area contributed by atoms with Crippen LogP contribution < -0.4 is 5.32 Å². The second-order valence-electron chi connectivity index (χ2n) is 5.39. The van der Waals surface area contributed by atoms with E-state index in [1.807, 2.05) is 0 Å². The molecule has 3 aromatic heterocycles. The van der Waals surface area contributed by atoms with Crippen LogP contribution in [0.15, 0.2) is 24.5 Å². The zero-order valence-corrected chi connectivity index (χ0v) is 13.2. The summed E-state index contributed by atoms with van der Waals surface area (Å²) < 4.78 is 28.6. The normalized spacial score (nSPS) is 11.7. The van der Waals surface area contributed by atoms with E-state index < -0.39 is 5.92 Å². The molecule has 3 heterocycles. The lowest BCUT2D eigenvalue weighted by Gasteiger charge is -2.09. The maximum Gasteiger partial charge on any atom is 0.287 e. The Hall–Kier alpha value is -2.97. The Morgan fingerprint density at radius 3 is 2.75 bits per heavy atom. The summed E-state index contributed by atoms with van der Waals surface area (Å²) in [4.78, 5) is 23.3. The number of carbonyl (C=O) groups excluding carboxylic acids is 1. The molecule has 3 rings (SSSR count). The van der Waals surface area contributed by atoms with Gasteiger partial charge in [0.1, 0.15) is 17.2 Å². The molecule has 1 N–H and O–H groups in total. The third-order valence-electron chi connectivity index (χ3n) is 3.36. The summed E-state index contributed by atoms with van der Waals surface area (Å²) in [5.74, 6) is -2.93. The van der Waals surface area contributed by atoms with E-state index in [1.54, 1.807) is 17.8 Å². The lowest BCUT2D eigenvalue weighted by molar-refractivity contribution is -0.114. The van der Waals surface area contributed by atoms with E-state index in [1.165, 1.54) is 25.4 Å². The van der Waals surface area contributed by atoms with Crippen LogP contribution in [0.5, 0.6) is 0 Å². The summed E-state index contributed by atoms with van der Waals surface area (Å²) in [7, 11) is 1.70. The summed E-state index contributed by atoms with van der Waals surface area (Å²) in [6.45, 7) is 2.14. The fourth-order valence-corrected chi connectivity index (χ4v) is 2.28. The fourth-order valence-electron chi connectivity index (χ4n) is 2.28. The first-order chi connectivity index (χ1) is 11.3. The summed E-state index contributed by atoms with van der Waals surface area (Å²) >= 11 is 0. The standard InChI is InChI=1S/C15H14F2N6O/c1-8(24)20-12-6-9-10(7-19-12)23(3)22-13(9)14-18-5-4-11(21-14)15(2,16)17/h4-7H,1-3H3,(H,19,20,24). The molecule has 9 heteroatoms. The van der Waals surface area contributed by atoms with E-state index in [4.69, 9.17) is 0 Å². The molecule has 0 aliphatic heterocycles. The number of hydrogen-bond donors (Lipinski definition) is 1. The van der Waals surface area contributed by atoms with Crippen molar-refractivity contribution in [2.75, 3.05) is 5.32 Å². The molecule has 1 amide bonds. The topological polar surface area (TPSA) is 85.6 Å². The second-order valence-corrected chi connectivity index (χ2v) is 5.39. The van der Waals surface area contributed by atoms with Crippen LogP contribution in [0.3, 0.4) is 0 Å². The monoisotopic (exact) mass is 332 g/mol. The number of halogens is 2. The van der Waals surface area contributed by atoms with Crippen molar-refractivity contribution < 1.29 is 13.6 Å². The van der Waals surface area contributed by atoms with Crippen molar-refractivity contribution >= 4 is 22.6 Å². The third-order valence-corrected chi connectivity index (χ3v) is 3.36. The van der Waals surface area contributed by atoms with Gasteiger partial charge in [-0.1, -0.05) is 0 Å². The van der Waals surface area contributed by atoms with Crippen molar-refractivity contribution in [2.24, 2.45) is 7.05 Å². The number of aryl methyl sites for hydroxylation is 1. The highest BCUT2D eigenvalue weighted by Gasteiger charge is 2.27. The van der Waals surface area contributed by atoms with Crippen molar-refractivity contribution in [3.8, 4) is 11.5 Å². The minimum atomic E-state index is -3.08. The molecule has 0 fully saturated rings. The van der Waals surface area contributed by atoms with Gasteiger partial charge in [-0.15, -0.1) is 0 Å². The number of anilines is 1. The van der Waals surface area contributed by atoms with E-state index in [2.05, 4.69) is 25.4 Å². The zero-order valence-electron chi connectivity index (χ0n) is 13.2. The molecule has 0 aromatic carbocycles. The van der Waals surface area contributed by atoms with Crippen LogP contribution >= 0.6 is 0 Å². The highest BCUT2D eigenvalue weighted by Crippen LogP contribution is 2.29. The first-order valence-electron chi connectivity index (χ1n) is 7.08. The van der Waals surface area contributed by atoms with E-state index in [-0.39, 0.29) is 17.4 Å². The van der Waals surface area contributed by atoms with E-state index in [9.17, 15) is 13.6 Å². The summed E-state index contributed by atoms with van der Waals surface area (Å²) in [5, 5.41) is 7.47. The predicted molar refractivity (Wildman–Crippen MR) is 83.4 cm³/mol. The SMILES string of the molecule is CC(=O)Nc1cc2c(-c3nccc(C(C)(F)F)n3)nn(C)c2cn1. The van der Waals surface area contributed by atoms with Gasteiger partial charge in [0, 0.05) is 32.5 Å². The molecule has 0 saturated carbocycles. The van der Waals surface area contributed by atoms with E-state index in [0.29, 0.717) is 22.4 Å². The van der Waals surface area contributed by atoms with Gasteiger partial charge in [0.2, 0.25) is 5.91 Å². The van der Waals surface area contributed by atoms with Crippen molar-refractivity contribution in [1.82, 2.24) is 24.7 Å². The average molecular weight is 332 g/mol. The quantitative estimate of drug-likeness (QED) is 0.796. The molecule has 0 aliphatic rings. The number of amides is 1. The molecule has 0 saturated heterocycles. The number of fused-ring (bicyclic) bond motifs is 1. The molecule has 0 atom stereocenters. The fraction of sp³-hybridized carbons (Fsp3) is 0.267. The number of hydrogen-bond acceptors (Lipinski definition) is 5. The van der Waals surface area contributed by atoms with Crippen molar-refractivity contribution in [1.29, 1.82) is 0 Å². The van der Waals surface area contributed by atoms with E-state index in [0.717, 1.165) is 6.92 Å². The maximum absolute atomic E-state index is 13.5. The zero-order chi connectivity index (χ0) is 17.5. The highest BCUT2D eigenvalue weighted by atomic mass is 19.3. The van der Waals surface area contributed by atoms with Crippen LogP contribution in [0.2, 0.25) is 0 Å². The Labute approximate surface area is 135 Å². The Kier molecular flexibility index (Phi) is 3.70. The molecule has 0 unspecified atom stereocenters. The molecule has 0 radical (unpaired) electrons. The molecule has 0 aliphatic carbocycles. The molecule has 124 valence electrons. The van der Waals surface area contributed by atoms with Crippen LogP contribution in [0.4, 0.5) is 14.6 Å². The number of alkyl halides is 2. The van der Waals surface area contributed by atoms with Gasteiger partial charge >= 0.3 is 0 Å². The van der Waals surface area contributed by atoms with Gasteiger partial charge in [-0.3, -0.25) is 9.48 Å². The van der Waals surface area contributed by atoms with Crippen LogP contribution in [0, 0.1) is 0 Å². The minimum absolute atomic E-state index is 0.0830. The van der Waals surface area contributed by atoms with Gasteiger partial charge in [0.25, 0.3) is 5.92 Å². The predicted octanol–water partition coefficient (Wildman–Crippen LogP) is 2.50. The molecule has 0 spiro atoms. The lowest BCUT2D eigenvalue weighted by atomic mass is 10.2. The number of pyridine rings is 1. The number of nitrogens with zero attached hydrogens (tertiary/aromatic N) is 5. The summed E-state index contributed by atoms with van der Waals surface area (Å²) in [6, 6.07) is 2.78. The number of aromatic nitrogens is 5. The van der Waals surface area contributed by atoms with Crippen LogP contribution in [-0.2, 0) is 17.8 Å².